The van der Waals surface area contributed by atoms with E-state index in [4.69, 9.17) is 23.3 Å². The molecular weight excluding hydrogens is 605 g/mol. The Morgan fingerprint density at radius 1 is 0.733 bits per heavy atom. The van der Waals surface area contributed by atoms with Crippen molar-refractivity contribution in [2.45, 2.75) is 146 Å². The van der Waals surface area contributed by atoms with E-state index in [-0.39, 0.29) is 13.2 Å². The number of hydrogen-bond donors (Lipinski definition) is 4. The number of ether oxygens (including phenoxy) is 3. The van der Waals surface area contributed by atoms with Gasteiger partial charge >= 0.3 is 0 Å². The van der Waals surface area contributed by atoms with E-state index < -0.39 is 57.8 Å². The smallest absolute Gasteiger partial charge is 0.268 e. The number of phosphoric ester groups is 1. The van der Waals surface area contributed by atoms with Crippen LogP contribution >= 0.6 is 7.82 Å². The zero-order valence-electron chi connectivity index (χ0n) is 28.6. The molecule has 0 saturated carbocycles. The normalized spacial score (nSPS) is 24.5. The van der Waals surface area contributed by atoms with Gasteiger partial charge in [0, 0.05) is 6.61 Å². The Hall–Kier alpha value is -0.210. The molecule has 45 heavy (non-hydrogen) atoms. The van der Waals surface area contributed by atoms with Crippen LogP contribution in [-0.4, -0.2) is 122 Å². The summed E-state index contributed by atoms with van der Waals surface area (Å²) in [6, 6.07) is 0. The van der Waals surface area contributed by atoms with Crippen LogP contribution in [0.4, 0.5) is 0 Å². The summed E-state index contributed by atoms with van der Waals surface area (Å²) >= 11 is 0. The molecule has 1 heterocycles. The van der Waals surface area contributed by atoms with Crippen LogP contribution in [-0.2, 0) is 27.8 Å². The summed E-state index contributed by atoms with van der Waals surface area (Å²) in [6.07, 6.45) is 11.9. The molecule has 0 bridgehead atoms. The lowest BCUT2D eigenvalue weighted by Crippen LogP contribution is -2.60. The number of likely N-dealkylation sites (N-methyl/N-ethyl adjacent to an activating group) is 1. The summed E-state index contributed by atoms with van der Waals surface area (Å²) in [6.45, 7) is 1.93. The van der Waals surface area contributed by atoms with Gasteiger partial charge in [-0.15, -0.1) is 0 Å². The second kappa shape index (κ2) is 24.9. The number of aliphatic hydroxyl groups excluding tert-OH is 4. The molecule has 1 aliphatic rings. The largest absolute Gasteiger partial charge is 0.756 e. The van der Waals surface area contributed by atoms with Gasteiger partial charge in [-0.3, -0.25) is 4.57 Å². The fourth-order valence-corrected chi connectivity index (χ4v) is 5.83. The zero-order valence-corrected chi connectivity index (χ0v) is 29.5. The molecule has 0 radical (unpaired) electrons. The van der Waals surface area contributed by atoms with Crippen LogP contribution in [0.15, 0.2) is 0 Å². The molecule has 1 aliphatic heterocycles. The SMILES string of the molecule is CCCCCCCCCCCCCCCCCCOC[C@H](COP(=O)([O-])OCC[N+](C)(C)C)OC1O[C@H](CO)[C@@H](O)[C@H](O)[C@H]1O. The van der Waals surface area contributed by atoms with Gasteiger partial charge < -0.3 is 53.1 Å². The van der Waals surface area contributed by atoms with Crippen molar-refractivity contribution in [1.82, 2.24) is 0 Å². The second-order valence-corrected chi connectivity index (χ2v) is 14.8. The number of phosphoric acid groups is 1. The van der Waals surface area contributed by atoms with Gasteiger partial charge in [0.2, 0.25) is 0 Å². The van der Waals surface area contributed by atoms with Gasteiger partial charge in [0.15, 0.2) is 6.29 Å². The molecule has 13 heteroatoms. The number of aliphatic hydroxyl groups is 4. The molecule has 1 rings (SSSR count). The van der Waals surface area contributed by atoms with E-state index in [1.165, 1.54) is 83.5 Å². The Balaban J connectivity index is 2.33. The first-order valence-corrected chi connectivity index (χ1v) is 18.8. The summed E-state index contributed by atoms with van der Waals surface area (Å²) < 4.78 is 39.7. The van der Waals surface area contributed by atoms with E-state index in [9.17, 15) is 29.9 Å². The Kier molecular flexibility index (Phi) is 23.7. The Morgan fingerprint density at radius 2 is 1.24 bits per heavy atom. The molecule has 0 spiro atoms. The van der Waals surface area contributed by atoms with Crippen LogP contribution < -0.4 is 4.89 Å². The van der Waals surface area contributed by atoms with E-state index >= 15 is 0 Å². The van der Waals surface area contributed by atoms with Crippen molar-refractivity contribution >= 4 is 7.82 Å². The van der Waals surface area contributed by atoms with Crippen molar-refractivity contribution in [2.75, 3.05) is 60.7 Å². The van der Waals surface area contributed by atoms with E-state index in [2.05, 4.69) is 6.92 Å². The Morgan fingerprint density at radius 3 is 1.73 bits per heavy atom. The summed E-state index contributed by atoms with van der Waals surface area (Å²) in [4.78, 5) is 12.3. The number of hydrogen-bond acceptors (Lipinski definition) is 11. The molecule has 0 aromatic carbocycles. The van der Waals surface area contributed by atoms with E-state index in [1.54, 1.807) is 0 Å². The van der Waals surface area contributed by atoms with Gasteiger partial charge in [-0.2, -0.15) is 0 Å². The Bertz CT molecular complexity index is 755. The Labute approximate surface area is 272 Å². The van der Waals surface area contributed by atoms with Crippen molar-refractivity contribution in [3.05, 3.63) is 0 Å². The maximum atomic E-state index is 12.3. The lowest BCUT2D eigenvalue weighted by molar-refractivity contribution is -0.870. The predicted molar refractivity (Wildman–Crippen MR) is 171 cm³/mol. The van der Waals surface area contributed by atoms with Crippen molar-refractivity contribution in [2.24, 2.45) is 0 Å². The minimum Gasteiger partial charge on any atom is -0.756 e. The second-order valence-electron chi connectivity index (χ2n) is 13.4. The minimum atomic E-state index is -4.65. The highest BCUT2D eigenvalue weighted by Crippen LogP contribution is 2.38. The average Bonchev–Trinajstić information content (AvgIpc) is 2.98. The van der Waals surface area contributed by atoms with Gasteiger partial charge in [0.25, 0.3) is 7.82 Å². The van der Waals surface area contributed by atoms with Crippen LogP contribution in [0.2, 0.25) is 0 Å². The number of unbranched alkanes of at least 4 members (excludes halogenated alkanes) is 15. The quantitative estimate of drug-likeness (QED) is 0.0521. The van der Waals surface area contributed by atoms with E-state index in [0.29, 0.717) is 17.6 Å². The molecule has 4 N–H and O–H groups in total. The highest BCUT2D eigenvalue weighted by molar-refractivity contribution is 7.45. The van der Waals surface area contributed by atoms with Crippen LogP contribution in [0, 0.1) is 0 Å². The van der Waals surface area contributed by atoms with Gasteiger partial charge in [0.05, 0.1) is 41.0 Å². The summed E-state index contributed by atoms with van der Waals surface area (Å²) in [5.41, 5.74) is 0. The first-order valence-electron chi connectivity index (χ1n) is 17.3. The molecule has 7 atom stereocenters. The number of nitrogens with zero attached hydrogens (tertiary/aromatic N) is 1. The third-order valence-corrected chi connectivity index (χ3v) is 9.02. The summed E-state index contributed by atoms with van der Waals surface area (Å²) in [5.74, 6) is 0. The molecule has 0 amide bonds. The molecular formula is C32H66NO11P. The van der Waals surface area contributed by atoms with Crippen LogP contribution in [0.3, 0.4) is 0 Å². The van der Waals surface area contributed by atoms with Gasteiger partial charge in [-0.25, -0.2) is 0 Å². The summed E-state index contributed by atoms with van der Waals surface area (Å²) in [5, 5.41) is 39.9. The van der Waals surface area contributed by atoms with E-state index in [0.717, 1.165) is 19.3 Å². The highest BCUT2D eigenvalue weighted by Gasteiger charge is 2.45. The van der Waals surface area contributed by atoms with Crippen molar-refractivity contribution in [3.63, 3.8) is 0 Å². The molecule has 1 fully saturated rings. The zero-order chi connectivity index (χ0) is 33.6. The van der Waals surface area contributed by atoms with Crippen LogP contribution in [0.25, 0.3) is 0 Å². The van der Waals surface area contributed by atoms with E-state index in [1.807, 2.05) is 21.1 Å². The highest BCUT2D eigenvalue weighted by atomic mass is 31.2. The lowest BCUT2D eigenvalue weighted by atomic mass is 9.99. The molecule has 1 saturated heterocycles. The van der Waals surface area contributed by atoms with Gasteiger partial charge in [0.1, 0.15) is 43.7 Å². The van der Waals surface area contributed by atoms with Crippen molar-refractivity contribution in [3.8, 4) is 0 Å². The monoisotopic (exact) mass is 671 g/mol. The molecule has 270 valence electrons. The van der Waals surface area contributed by atoms with Crippen LogP contribution in [0.5, 0.6) is 0 Å². The molecule has 0 aromatic rings. The number of rotatable bonds is 29. The topological polar surface area (TPSA) is 167 Å². The fraction of sp³-hybridized carbons (Fsp3) is 1.00. The third-order valence-electron chi connectivity index (χ3n) is 8.05. The average molecular weight is 672 g/mol. The minimum absolute atomic E-state index is 0.0573. The maximum Gasteiger partial charge on any atom is 0.268 e. The van der Waals surface area contributed by atoms with Gasteiger partial charge in [-0.1, -0.05) is 103 Å². The van der Waals surface area contributed by atoms with Crippen LogP contribution in [0.1, 0.15) is 110 Å². The standard InChI is InChI=1S/C32H66NO11P/c1-5-6-7-8-9-10-11-12-13-14-15-16-17-18-19-20-22-40-25-27(26-42-45(38,39)41-23-21-33(2,3)4)43-32-31(37)30(36)29(35)28(24-34)44-32/h27-32,34-37H,5-26H2,1-4H3/t27-,28-,29-,30+,31-,32?/m1/s1. The predicted octanol–water partition coefficient (Wildman–Crippen LogP) is 3.66. The van der Waals surface area contributed by atoms with Crippen molar-refractivity contribution < 1.29 is 57.6 Å². The lowest BCUT2D eigenvalue weighted by Gasteiger charge is -2.41. The van der Waals surface area contributed by atoms with Gasteiger partial charge in [-0.05, 0) is 6.42 Å². The molecule has 12 nitrogen and oxygen atoms in total. The molecule has 0 aromatic heterocycles. The molecule has 0 aliphatic carbocycles. The fourth-order valence-electron chi connectivity index (χ4n) is 5.10. The first kappa shape index (κ1) is 42.8. The first-order chi connectivity index (χ1) is 21.4. The maximum absolute atomic E-state index is 12.3. The van der Waals surface area contributed by atoms with Crippen molar-refractivity contribution in [1.29, 1.82) is 0 Å². The summed E-state index contributed by atoms with van der Waals surface area (Å²) in [7, 11) is 1.06. The number of quaternary nitrogens is 1. The third kappa shape index (κ3) is 21.4. The molecule has 2 unspecified atom stereocenters.